The van der Waals surface area contributed by atoms with Gasteiger partial charge < -0.3 is 15.3 Å². The molecule has 0 heterocycles. The van der Waals surface area contributed by atoms with E-state index in [9.17, 15) is 15.3 Å². The van der Waals surface area contributed by atoms with Crippen LogP contribution in [0.15, 0.2) is 12.7 Å². The molecule has 3 N–H and O–H groups in total. The zero-order chi connectivity index (χ0) is 14.4. The molecule has 0 rings (SSSR count). The Morgan fingerprint density at radius 2 is 1.28 bits per heavy atom. The molecule has 0 aromatic carbocycles. The predicted octanol–water partition coefficient (Wildman–Crippen LogP) is 2.79. The van der Waals surface area contributed by atoms with Crippen LogP contribution in [0, 0.1) is 0 Å². The minimum atomic E-state index is -0.844. The van der Waals surface area contributed by atoms with Gasteiger partial charge in [0.2, 0.25) is 0 Å². The van der Waals surface area contributed by atoms with Crippen LogP contribution in [-0.2, 0) is 0 Å². The maximum absolute atomic E-state index is 10.2. The summed E-state index contributed by atoms with van der Waals surface area (Å²) in [7, 11) is 0. The van der Waals surface area contributed by atoms with Gasteiger partial charge in [-0.1, -0.05) is 6.08 Å². The van der Waals surface area contributed by atoms with Gasteiger partial charge >= 0.3 is 0 Å². The maximum Gasteiger partial charge on any atom is 0.0797 e. The van der Waals surface area contributed by atoms with Crippen LogP contribution in [-0.4, -0.2) is 32.1 Å². The highest BCUT2D eigenvalue weighted by molar-refractivity contribution is 4.91. The van der Waals surface area contributed by atoms with Crippen molar-refractivity contribution in [3.05, 3.63) is 12.7 Å². The second kappa shape index (κ2) is 6.69. The SMILES string of the molecule is C=C[C@@](C)(O)CCC[C@](C)(O)CCCC(C)(C)O. The van der Waals surface area contributed by atoms with Gasteiger partial charge in [-0.25, -0.2) is 0 Å². The standard InChI is InChI=1S/C15H30O3/c1-6-14(4,17)10-8-12-15(5,18)11-7-9-13(2,3)16/h6,16-18H,1,7-12H2,2-5H3/t14-,15-/m1/s1. The van der Waals surface area contributed by atoms with E-state index in [1.807, 2.05) is 6.92 Å². The lowest BCUT2D eigenvalue weighted by molar-refractivity contribution is 0.0166. The second-order valence-electron chi connectivity index (χ2n) is 6.58. The van der Waals surface area contributed by atoms with Gasteiger partial charge in [0.25, 0.3) is 0 Å². The van der Waals surface area contributed by atoms with E-state index in [4.69, 9.17) is 0 Å². The molecule has 0 saturated heterocycles. The monoisotopic (exact) mass is 258 g/mol. The summed E-state index contributed by atoms with van der Waals surface area (Å²) in [6.07, 6.45) is 5.72. The Morgan fingerprint density at radius 3 is 1.67 bits per heavy atom. The normalized spacial score (nSPS) is 19.1. The van der Waals surface area contributed by atoms with Gasteiger partial charge in [-0.2, -0.15) is 0 Å². The van der Waals surface area contributed by atoms with Crippen molar-refractivity contribution < 1.29 is 15.3 Å². The Kier molecular flexibility index (Phi) is 6.55. The molecule has 0 amide bonds. The highest BCUT2D eigenvalue weighted by atomic mass is 16.3. The average Bonchev–Trinajstić information content (AvgIpc) is 2.14. The fourth-order valence-electron chi connectivity index (χ4n) is 1.96. The molecule has 0 aromatic heterocycles. The zero-order valence-corrected chi connectivity index (χ0v) is 12.4. The molecule has 0 aromatic rings. The van der Waals surface area contributed by atoms with Crippen LogP contribution in [0.3, 0.4) is 0 Å². The van der Waals surface area contributed by atoms with Crippen LogP contribution in [0.1, 0.15) is 66.2 Å². The molecule has 0 saturated carbocycles. The average molecular weight is 258 g/mol. The number of hydrogen-bond acceptors (Lipinski definition) is 3. The lowest BCUT2D eigenvalue weighted by Crippen LogP contribution is -2.27. The van der Waals surface area contributed by atoms with E-state index in [0.29, 0.717) is 25.7 Å². The van der Waals surface area contributed by atoms with Gasteiger partial charge in [-0.15, -0.1) is 6.58 Å². The summed E-state index contributed by atoms with van der Waals surface area (Å²) in [4.78, 5) is 0. The summed E-state index contributed by atoms with van der Waals surface area (Å²) in [6, 6.07) is 0. The van der Waals surface area contributed by atoms with Gasteiger partial charge in [0, 0.05) is 0 Å². The third kappa shape index (κ3) is 9.63. The van der Waals surface area contributed by atoms with Crippen molar-refractivity contribution in [2.45, 2.75) is 83.0 Å². The third-order valence-corrected chi connectivity index (χ3v) is 3.34. The van der Waals surface area contributed by atoms with E-state index in [2.05, 4.69) is 6.58 Å². The fraction of sp³-hybridized carbons (Fsp3) is 0.867. The van der Waals surface area contributed by atoms with Crippen molar-refractivity contribution in [3.8, 4) is 0 Å². The van der Waals surface area contributed by atoms with Gasteiger partial charge in [-0.05, 0) is 66.2 Å². The molecule has 3 heteroatoms. The third-order valence-electron chi connectivity index (χ3n) is 3.34. The summed E-state index contributed by atoms with van der Waals surface area (Å²) in [5.74, 6) is 0. The fourth-order valence-corrected chi connectivity index (χ4v) is 1.96. The summed E-state index contributed by atoms with van der Waals surface area (Å²) in [5, 5.41) is 29.6. The minimum Gasteiger partial charge on any atom is -0.390 e. The van der Waals surface area contributed by atoms with E-state index in [1.54, 1.807) is 20.8 Å². The zero-order valence-electron chi connectivity index (χ0n) is 12.4. The van der Waals surface area contributed by atoms with E-state index in [0.717, 1.165) is 12.8 Å². The summed E-state index contributed by atoms with van der Waals surface area (Å²) in [5.41, 5.74) is -2.23. The van der Waals surface area contributed by atoms with Crippen LogP contribution in [0.4, 0.5) is 0 Å². The molecule has 0 bridgehead atoms. The Hall–Kier alpha value is -0.380. The lowest BCUT2D eigenvalue weighted by Gasteiger charge is -2.27. The minimum absolute atomic E-state index is 0.609. The quantitative estimate of drug-likeness (QED) is 0.557. The number of hydrogen-bond donors (Lipinski definition) is 3. The Balaban J connectivity index is 3.90. The van der Waals surface area contributed by atoms with Crippen molar-refractivity contribution in [1.29, 1.82) is 0 Å². The Labute approximate surface area is 112 Å². The smallest absolute Gasteiger partial charge is 0.0797 e. The van der Waals surface area contributed by atoms with Crippen molar-refractivity contribution in [2.75, 3.05) is 0 Å². The first kappa shape index (κ1) is 17.6. The van der Waals surface area contributed by atoms with Gasteiger partial charge in [0.15, 0.2) is 0 Å². The highest BCUT2D eigenvalue weighted by Crippen LogP contribution is 2.25. The molecule has 3 nitrogen and oxygen atoms in total. The molecule has 0 aliphatic heterocycles. The molecular weight excluding hydrogens is 228 g/mol. The first-order valence-corrected chi connectivity index (χ1v) is 6.78. The topological polar surface area (TPSA) is 60.7 Å². The molecule has 0 fully saturated rings. The van der Waals surface area contributed by atoms with Gasteiger partial charge in [-0.3, -0.25) is 0 Å². The maximum atomic E-state index is 10.2. The van der Waals surface area contributed by atoms with Gasteiger partial charge in [0.05, 0.1) is 16.8 Å². The Bertz CT molecular complexity index is 249. The van der Waals surface area contributed by atoms with Crippen LogP contribution < -0.4 is 0 Å². The highest BCUT2D eigenvalue weighted by Gasteiger charge is 2.23. The largest absolute Gasteiger partial charge is 0.390 e. The molecule has 18 heavy (non-hydrogen) atoms. The molecular formula is C15H30O3. The van der Waals surface area contributed by atoms with E-state index in [-0.39, 0.29) is 0 Å². The molecule has 0 unspecified atom stereocenters. The van der Waals surface area contributed by atoms with E-state index >= 15 is 0 Å². The van der Waals surface area contributed by atoms with Crippen molar-refractivity contribution in [1.82, 2.24) is 0 Å². The summed E-state index contributed by atoms with van der Waals surface area (Å²) < 4.78 is 0. The first-order valence-electron chi connectivity index (χ1n) is 6.78. The summed E-state index contributed by atoms with van der Waals surface area (Å²) in [6.45, 7) is 10.7. The van der Waals surface area contributed by atoms with E-state index < -0.39 is 16.8 Å². The summed E-state index contributed by atoms with van der Waals surface area (Å²) >= 11 is 0. The first-order chi connectivity index (χ1) is 7.97. The van der Waals surface area contributed by atoms with Crippen molar-refractivity contribution in [3.63, 3.8) is 0 Å². The Morgan fingerprint density at radius 1 is 0.833 bits per heavy atom. The van der Waals surface area contributed by atoms with Gasteiger partial charge in [0.1, 0.15) is 0 Å². The van der Waals surface area contributed by atoms with Crippen molar-refractivity contribution in [2.24, 2.45) is 0 Å². The molecule has 0 aliphatic carbocycles. The second-order valence-corrected chi connectivity index (χ2v) is 6.58. The number of rotatable bonds is 9. The molecule has 0 radical (unpaired) electrons. The lowest BCUT2D eigenvalue weighted by atomic mass is 9.88. The van der Waals surface area contributed by atoms with E-state index in [1.165, 1.54) is 6.08 Å². The van der Waals surface area contributed by atoms with Crippen LogP contribution in [0.5, 0.6) is 0 Å². The predicted molar refractivity (Wildman–Crippen MR) is 75.4 cm³/mol. The number of aliphatic hydroxyl groups is 3. The van der Waals surface area contributed by atoms with Crippen LogP contribution >= 0.6 is 0 Å². The van der Waals surface area contributed by atoms with Crippen LogP contribution in [0.2, 0.25) is 0 Å². The van der Waals surface area contributed by atoms with Crippen LogP contribution in [0.25, 0.3) is 0 Å². The molecule has 0 spiro atoms. The van der Waals surface area contributed by atoms with Crippen molar-refractivity contribution >= 4 is 0 Å². The molecule has 108 valence electrons. The molecule has 0 aliphatic rings. The molecule has 2 atom stereocenters.